The van der Waals surface area contributed by atoms with E-state index in [4.69, 9.17) is 4.74 Å². The van der Waals surface area contributed by atoms with Crippen LogP contribution in [0.1, 0.15) is 12.1 Å². The Balaban J connectivity index is 1.86. The molecular formula is C13H17N3O2. The van der Waals surface area contributed by atoms with Crippen LogP contribution in [0.5, 0.6) is 0 Å². The molecule has 5 nitrogen and oxygen atoms in total. The van der Waals surface area contributed by atoms with E-state index in [0.29, 0.717) is 19.6 Å². The molecule has 2 aromatic rings. The van der Waals surface area contributed by atoms with Gasteiger partial charge in [-0.3, -0.25) is 4.79 Å². The summed E-state index contributed by atoms with van der Waals surface area (Å²) in [6.07, 6.45) is 4.94. The lowest BCUT2D eigenvalue weighted by molar-refractivity contribution is -0.120. The number of imidazole rings is 1. The summed E-state index contributed by atoms with van der Waals surface area (Å²) in [6, 6.07) is 5.78. The molecule has 18 heavy (non-hydrogen) atoms. The number of fused-ring (bicyclic) bond motifs is 1. The molecule has 0 radical (unpaired) electrons. The molecule has 0 spiro atoms. The van der Waals surface area contributed by atoms with Gasteiger partial charge >= 0.3 is 0 Å². The Labute approximate surface area is 106 Å². The van der Waals surface area contributed by atoms with Crippen LogP contribution < -0.4 is 5.32 Å². The van der Waals surface area contributed by atoms with Gasteiger partial charge in [-0.1, -0.05) is 6.07 Å². The third-order valence-corrected chi connectivity index (χ3v) is 2.60. The summed E-state index contributed by atoms with van der Waals surface area (Å²) in [6.45, 7) is 1.30. The number of amides is 1. The van der Waals surface area contributed by atoms with Crippen LogP contribution >= 0.6 is 0 Å². The lowest BCUT2D eigenvalue weighted by Gasteiger charge is -2.02. The molecule has 0 aliphatic carbocycles. The van der Waals surface area contributed by atoms with E-state index >= 15 is 0 Å². The Morgan fingerprint density at radius 1 is 1.50 bits per heavy atom. The lowest BCUT2D eigenvalue weighted by Crippen LogP contribution is -2.26. The van der Waals surface area contributed by atoms with Crippen molar-refractivity contribution < 1.29 is 9.53 Å². The van der Waals surface area contributed by atoms with Gasteiger partial charge in [-0.25, -0.2) is 4.98 Å². The van der Waals surface area contributed by atoms with Crippen molar-refractivity contribution in [1.82, 2.24) is 14.7 Å². The van der Waals surface area contributed by atoms with E-state index in [1.165, 1.54) is 0 Å². The largest absolute Gasteiger partial charge is 0.385 e. The van der Waals surface area contributed by atoms with Crippen molar-refractivity contribution >= 4 is 11.6 Å². The Bertz CT molecular complexity index is 489. The number of rotatable bonds is 6. The molecule has 1 amide bonds. The van der Waals surface area contributed by atoms with Crippen LogP contribution in [0.25, 0.3) is 5.65 Å². The first-order valence-electron chi connectivity index (χ1n) is 5.98. The summed E-state index contributed by atoms with van der Waals surface area (Å²) in [4.78, 5) is 16.0. The molecule has 0 aliphatic heterocycles. The maximum absolute atomic E-state index is 11.7. The van der Waals surface area contributed by atoms with Gasteiger partial charge in [0.2, 0.25) is 5.91 Å². The number of pyridine rings is 1. The maximum Gasteiger partial charge on any atom is 0.226 e. The molecule has 0 bridgehead atoms. The number of nitrogens with one attached hydrogen (secondary N) is 1. The van der Waals surface area contributed by atoms with E-state index in [1.54, 1.807) is 7.11 Å². The highest BCUT2D eigenvalue weighted by Gasteiger charge is 2.06. The minimum Gasteiger partial charge on any atom is -0.385 e. The molecule has 5 heteroatoms. The van der Waals surface area contributed by atoms with Gasteiger partial charge in [-0.05, 0) is 18.6 Å². The molecule has 0 aromatic carbocycles. The van der Waals surface area contributed by atoms with Gasteiger partial charge in [0.05, 0.1) is 12.1 Å². The number of hydrogen-bond donors (Lipinski definition) is 1. The molecule has 96 valence electrons. The number of nitrogens with zero attached hydrogens (tertiary/aromatic N) is 2. The number of aromatic nitrogens is 2. The van der Waals surface area contributed by atoms with Gasteiger partial charge in [0.15, 0.2) is 0 Å². The van der Waals surface area contributed by atoms with Gasteiger partial charge in [-0.2, -0.15) is 0 Å². The minimum atomic E-state index is -0.00508. The van der Waals surface area contributed by atoms with Crippen molar-refractivity contribution in [3.05, 3.63) is 36.3 Å². The first kappa shape index (κ1) is 12.6. The van der Waals surface area contributed by atoms with Crippen LogP contribution in [-0.2, 0) is 16.0 Å². The second-order valence-corrected chi connectivity index (χ2v) is 4.07. The van der Waals surface area contributed by atoms with E-state index in [9.17, 15) is 4.79 Å². The van der Waals surface area contributed by atoms with Crippen LogP contribution in [0.3, 0.4) is 0 Å². The molecule has 2 rings (SSSR count). The molecule has 1 N–H and O–H groups in total. The van der Waals surface area contributed by atoms with Gasteiger partial charge in [0.1, 0.15) is 5.65 Å². The third-order valence-electron chi connectivity index (χ3n) is 2.60. The van der Waals surface area contributed by atoms with Crippen molar-refractivity contribution in [3.8, 4) is 0 Å². The number of carbonyl (C=O) groups excluding carboxylic acids is 1. The normalized spacial score (nSPS) is 10.7. The van der Waals surface area contributed by atoms with Crippen molar-refractivity contribution in [2.75, 3.05) is 20.3 Å². The highest BCUT2D eigenvalue weighted by Crippen LogP contribution is 2.04. The topological polar surface area (TPSA) is 55.6 Å². The summed E-state index contributed by atoms with van der Waals surface area (Å²) in [5, 5.41) is 2.84. The molecule has 0 atom stereocenters. The van der Waals surface area contributed by atoms with Gasteiger partial charge in [0, 0.05) is 32.7 Å². The number of ether oxygens (including phenoxy) is 1. The van der Waals surface area contributed by atoms with E-state index in [2.05, 4.69) is 10.3 Å². The highest BCUT2D eigenvalue weighted by atomic mass is 16.5. The first-order chi connectivity index (χ1) is 8.79. The minimum absolute atomic E-state index is 0.00508. The molecule has 0 saturated heterocycles. The Hall–Kier alpha value is -1.88. The van der Waals surface area contributed by atoms with Crippen LogP contribution in [0.4, 0.5) is 0 Å². The molecule has 0 saturated carbocycles. The van der Waals surface area contributed by atoms with E-state index < -0.39 is 0 Å². The third kappa shape index (κ3) is 3.30. The Kier molecular flexibility index (Phi) is 4.30. The average Bonchev–Trinajstić information content (AvgIpc) is 2.76. The molecule has 0 aliphatic rings. The fourth-order valence-corrected chi connectivity index (χ4v) is 1.74. The number of hydrogen-bond acceptors (Lipinski definition) is 3. The zero-order chi connectivity index (χ0) is 12.8. The zero-order valence-corrected chi connectivity index (χ0v) is 10.4. The van der Waals surface area contributed by atoms with Crippen LogP contribution in [0.15, 0.2) is 30.6 Å². The number of carbonyl (C=O) groups is 1. The van der Waals surface area contributed by atoms with Crippen molar-refractivity contribution in [2.45, 2.75) is 12.8 Å². The van der Waals surface area contributed by atoms with E-state index in [0.717, 1.165) is 17.8 Å². The first-order valence-corrected chi connectivity index (χ1v) is 5.98. The molecule has 0 fully saturated rings. The van der Waals surface area contributed by atoms with Gasteiger partial charge in [-0.15, -0.1) is 0 Å². The highest BCUT2D eigenvalue weighted by molar-refractivity contribution is 5.78. The second kappa shape index (κ2) is 6.16. The van der Waals surface area contributed by atoms with E-state index in [1.807, 2.05) is 35.0 Å². The van der Waals surface area contributed by atoms with Crippen LogP contribution in [0.2, 0.25) is 0 Å². The fourth-order valence-electron chi connectivity index (χ4n) is 1.74. The van der Waals surface area contributed by atoms with Crippen molar-refractivity contribution in [1.29, 1.82) is 0 Å². The molecule has 0 unspecified atom stereocenters. The predicted octanol–water partition coefficient (Wildman–Crippen LogP) is 1.03. The molecular weight excluding hydrogens is 230 g/mol. The summed E-state index contributed by atoms with van der Waals surface area (Å²) in [5.41, 5.74) is 1.64. The van der Waals surface area contributed by atoms with E-state index in [-0.39, 0.29) is 5.91 Å². The van der Waals surface area contributed by atoms with Gasteiger partial charge < -0.3 is 14.5 Å². The average molecular weight is 247 g/mol. The van der Waals surface area contributed by atoms with Gasteiger partial charge in [0.25, 0.3) is 0 Å². The summed E-state index contributed by atoms with van der Waals surface area (Å²) < 4.78 is 6.83. The molecule has 2 heterocycles. The molecule has 2 aromatic heterocycles. The predicted molar refractivity (Wildman–Crippen MR) is 68.4 cm³/mol. The van der Waals surface area contributed by atoms with Crippen molar-refractivity contribution in [3.63, 3.8) is 0 Å². The Morgan fingerprint density at radius 2 is 2.39 bits per heavy atom. The Morgan fingerprint density at radius 3 is 3.17 bits per heavy atom. The SMILES string of the molecule is COCCCNC(=O)Cc1cn2ccccc2n1. The number of methoxy groups -OCH3 is 1. The summed E-state index contributed by atoms with van der Waals surface area (Å²) in [5.74, 6) is -0.00508. The van der Waals surface area contributed by atoms with Crippen LogP contribution in [-0.4, -0.2) is 35.6 Å². The standard InChI is InChI=1S/C13H17N3O2/c1-18-8-4-6-14-13(17)9-11-10-16-7-3-2-5-12(16)15-11/h2-3,5,7,10H,4,6,8-9H2,1H3,(H,14,17). The fraction of sp³-hybridized carbons (Fsp3) is 0.385. The second-order valence-electron chi connectivity index (χ2n) is 4.07. The lowest BCUT2D eigenvalue weighted by atomic mass is 10.3. The van der Waals surface area contributed by atoms with Crippen LogP contribution in [0, 0.1) is 0 Å². The summed E-state index contributed by atoms with van der Waals surface area (Å²) in [7, 11) is 1.65. The zero-order valence-electron chi connectivity index (χ0n) is 10.4. The summed E-state index contributed by atoms with van der Waals surface area (Å²) >= 11 is 0. The quantitative estimate of drug-likeness (QED) is 0.776. The monoisotopic (exact) mass is 247 g/mol. The smallest absolute Gasteiger partial charge is 0.226 e. The maximum atomic E-state index is 11.7. The van der Waals surface area contributed by atoms with Crippen molar-refractivity contribution in [2.24, 2.45) is 0 Å².